The zero-order chi connectivity index (χ0) is 6.69. The number of hydrogen-bond donors (Lipinski definition) is 2. The summed E-state index contributed by atoms with van der Waals surface area (Å²) in [4.78, 5) is 2.98. The molecular weight excluding hydrogens is 112 g/mol. The van der Waals surface area contributed by atoms with E-state index >= 15 is 0 Å². The van der Waals surface area contributed by atoms with Gasteiger partial charge in [-0.15, -0.1) is 0 Å². The van der Waals surface area contributed by atoms with Gasteiger partial charge in [-0.25, -0.2) is 0 Å². The highest BCUT2D eigenvalue weighted by atomic mass is 14.6. The van der Waals surface area contributed by atoms with Crippen molar-refractivity contribution in [3.8, 4) is 0 Å². The van der Waals surface area contributed by atoms with Gasteiger partial charge in [-0.2, -0.15) is 0 Å². The topological polar surface area (TPSA) is 41.8 Å². The van der Waals surface area contributed by atoms with Crippen LogP contribution in [0.25, 0.3) is 0 Å². The molecule has 1 aromatic rings. The van der Waals surface area contributed by atoms with E-state index in [0.29, 0.717) is 0 Å². The molecular formula is C7H12N2. The SMILES string of the molecule is C[C@H](N)Cc1cc[nH]c1. The third-order valence-electron chi connectivity index (χ3n) is 1.22. The lowest BCUT2D eigenvalue weighted by Gasteiger charge is -1.99. The minimum absolute atomic E-state index is 0.265. The lowest BCUT2D eigenvalue weighted by molar-refractivity contribution is 0.739. The highest BCUT2D eigenvalue weighted by Crippen LogP contribution is 1.98. The number of nitrogens with one attached hydrogen (secondary N) is 1. The fraction of sp³-hybridized carbons (Fsp3) is 0.429. The summed E-state index contributed by atoms with van der Waals surface area (Å²) in [5.74, 6) is 0. The van der Waals surface area contributed by atoms with Crippen molar-refractivity contribution in [3.05, 3.63) is 24.0 Å². The van der Waals surface area contributed by atoms with Crippen LogP contribution in [-0.4, -0.2) is 11.0 Å². The average Bonchev–Trinajstić information content (AvgIpc) is 2.15. The third kappa shape index (κ3) is 1.90. The molecule has 0 saturated heterocycles. The van der Waals surface area contributed by atoms with Crippen LogP contribution in [0.4, 0.5) is 0 Å². The number of nitrogens with two attached hydrogens (primary N) is 1. The van der Waals surface area contributed by atoms with Crippen molar-refractivity contribution >= 4 is 0 Å². The maximum absolute atomic E-state index is 5.57. The van der Waals surface area contributed by atoms with Gasteiger partial charge in [0, 0.05) is 18.4 Å². The highest BCUT2D eigenvalue weighted by Gasteiger charge is 1.95. The molecule has 1 rings (SSSR count). The molecule has 1 heterocycles. The van der Waals surface area contributed by atoms with Gasteiger partial charge in [0.1, 0.15) is 0 Å². The van der Waals surface area contributed by atoms with E-state index in [1.165, 1.54) is 5.56 Å². The summed E-state index contributed by atoms with van der Waals surface area (Å²) in [6, 6.07) is 2.31. The van der Waals surface area contributed by atoms with Crippen molar-refractivity contribution in [1.82, 2.24) is 4.98 Å². The number of aromatic nitrogens is 1. The molecule has 2 nitrogen and oxygen atoms in total. The van der Waals surface area contributed by atoms with Crippen LogP contribution in [0, 0.1) is 0 Å². The summed E-state index contributed by atoms with van der Waals surface area (Å²) in [5.41, 5.74) is 6.85. The summed E-state index contributed by atoms with van der Waals surface area (Å²) in [7, 11) is 0. The van der Waals surface area contributed by atoms with Gasteiger partial charge >= 0.3 is 0 Å². The second-order valence-corrected chi connectivity index (χ2v) is 2.40. The Bertz CT molecular complexity index is 153. The molecule has 3 N–H and O–H groups in total. The molecule has 0 saturated carbocycles. The Kier molecular flexibility index (Phi) is 1.90. The van der Waals surface area contributed by atoms with Crippen LogP contribution < -0.4 is 5.73 Å². The molecule has 1 aromatic heterocycles. The van der Waals surface area contributed by atoms with Crippen molar-refractivity contribution < 1.29 is 0 Å². The zero-order valence-corrected chi connectivity index (χ0v) is 5.59. The largest absolute Gasteiger partial charge is 0.367 e. The van der Waals surface area contributed by atoms with E-state index in [0.717, 1.165) is 6.42 Å². The molecule has 9 heavy (non-hydrogen) atoms. The predicted octanol–water partition coefficient (Wildman–Crippen LogP) is 0.904. The maximum atomic E-state index is 5.57. The van der Waals surface area contributed by atoms with Crippen molar-refractivity contribution in [1.29, 1.82) is 0 Å². The first-order valence-electron chi connectivity index (χ1n) is 3.16. The van der Waals surface area contributed by atoms with Gasteiger partial charge in [0.15, 0.2) is 0 Å². The maximum Gasteiger partial charge on any atom is 0.00514 e. The van der Waals surface area contributed by atoms with Crippen LogP contribution in [0.5, 0.6) is 0 Å². The van der Waals surface area contributed by atoms with Crippen LogP contribution in [0.2, 0.25) is 0 Å². The summed E-state index contributed by atoms with van der Waals surface area (Å²) < 4.78 is 0. The Balaban J connectivity index is 2.48. The molecule has 0 aromatic carbocycles. The Morgan fingerprint density at radius 2 is 2.56 bits per heavy atom. The van der Waals surface area contributed by atoms with Gasteiger partial charge in [-0.1, -0.05) is 0 Å². The Labute approximate surface area is 55.1 Å². The van der Waals surface area contributed by atoms with E-state index in [1.807, 2.05) is 25.4 Å². The Morgan fingerprint density at radius 3 is 3.00 bits per heavy atom. The van der Waals surface area contributed by atoms with E-state index in [-0.39, 0.29) is 6.04 Å². The first kappa shape index (κ1) is 6.36. The summed E-state index contributed by atoms with van der Waals surface area (Å²) in [5, 5.41) is 0. The third-order valence-corrected chi connectivity index (χ3v) is 1.22. The molecule has 0 aliphatic rings. The number of hydrogen-bond acceptors (Lipinski definition) is 1. The lowest BCUT2D eigenvalue weighted by atomic mass is 10.1. The average molecular weight is 124 g/mol. The first-order valence-corrected chi connectivity index (χ1v) is 3.16. The molecule has 0 unspecified atom stereocenters. The first-order chi connectivity index (χ1) is 4.29. The van der Waals surface area contributed by atoms with Crippen LogP contribution in [0.1, 0.15) is 12.5 Å². The smallest absolute Gasteiger partial charge is 0.00514 e. The van der Waals surface area contributed by atoms with Gasteiger partial charge in [-0.3, -0.25) is 0 Å². The summed E-state index contributed by atoms with van der Waals surface area (Å²) in [6.07, 6.45) is 4.85. The minimum Gasteiger partial charge on any atom is -0.367 e. The van der Waals surface area contributed by atoms with Crippen LogP contribution in [0.15, 0.2) is 18.5 Å². The fourth-order valence-corrected chi connectivity index (χ4v) is 0.857. The molecule has 0 fully saturated rings. The van der Waals surface area contributed by atoms with E-state index in [9.17, 15) is 0 Å². The zero-order valence-electron chi connectivity index (χ0n) is 5.59. The number of aromatic amines is 1. The van der Waals surface area contributed by atoms with E-state index in [4.69, 9.17) is 5.73 Å². The fourth-order valence-electron chi connectivity index (χ4n) is 0.857. The van der Waals surface area contributed by atoms with Gasteiger partial charge in [0.25, 0.3) is 0 Å². The van der Waals surface area contributed by atoms with E-state index in [2.05, 4.69) is 4.98 Å². The van der Waals surface area contributed by atoms with Gasteiger partial charge in [0.05, 0.1) is 0 Å². The molecule has 2 heteroatoms. The van der Waals surface area contributed by atoms with Gasteiger partial charge in [0.2, 0.25) is 0 Å². The Hall–Kier alpha value is -0.760. The number of H-pyrrole nitrogens is 1. The second-order valence-electron chi connectivity index (χ2n) is 2.40. The molecule has 0 amide bonds. The number of rotatable bonds is 2. The second kappa shape index (κ2) is 2.69. The monoisotopic (exact) mass is 124 g/mol. The Morgan fingerprint density at radius 1 is 1.78 bits per heavy atom. The van der Waals surface area contributed by atoms with Gasteiger partial charge < -0.3 is 10.7 Å². The van der Waals surface area contributed by atoms with E-state index in [1.54, 1.807) is 0 Å². The lowest BCUT2D eigenvalue weighted by Crippen LogP contribution is -2.17. The van der Waals surface area contributed by atoms with Crippen LogP contribution >= 0.6 is 0 Å². The molecule has 0 radical (unpaired) electrons. The molecule has 1 atom stereocenters. The predicted molar refractivity (Wildman–Crippen MR) is 38.1 cm³/mol. The van der Waals surface area contributed by atoms with Crippen molar-refractivity contribution in [2.75, 3.05) is 0 Å². The molecule has 0 spiro atoms. The van der Waals surface area contributed by atoms with Crippen molar-refractivity contribution in [2.24, 2.45) is 5.73 Å². The van der Waals surface area contributed by atoms with Crippen molar-refractivity contribution in [3.63, 3.8) is 0 Å². The summed E-state index contributed by atoms with van der Waals surface area (Å²) >= 11 is 0. The molecule has 50 valence electrons. The molecule has 0 aliphatic heterocycles. The normalized spacial score (nSPS) is 13.6. The van der Waals surface area contributed by atoms with E-state index < -0.39 is 0 Å². The van der Waals surface area contributed by atoms with Crippen molar-refractivity contribution in [2.45, 2.75) is 19.4 Å². The quantitative estimate of drug-likeness (QED) is 0.604. The van der Waals surface area contributed by atoms with Crippen LogP contribution in [0.3, 0.4) is 0 Å². The standard InChI is InChI=1S/C7H12N2/c1-6(8)4-7-2-3-9-5-7/h2-3,5-6,9H,4,8H2,1H3/t6-/m0/s1. The molecule has 0 aliphatic carbocycles. The summed E-state index contributed by atoms with van der Waals surface area (Å²) in [6.45, 7) is 2.01. The van der Waals surface area contributed by atoms with Crippen LogP contribution in [-0.2, 0) is 6.42 Å². The van der Waals surface area contributed by atoms with Gasteiger partial charge in [-0.05, 0) is 25.0 Å². The minimum atomic E-state index is 0.265. The highest BCUT2D eigenvalue weighted by molar-refractivity contribution is 5.09. The molecule has 0 bridgehead atoms.